The molecular formula is C12H13BrN2O2. The minimum absolute atomic E-state index is 0.0131. The average molecular weight is 297 g/mol. The molecule has 90 valence electrons. The maximum Gasteiger partial charge on any atom is 0.195 e. The molecule has 0 radical (unpaired) electrons. The second-order valence-corrected chi connectivity index (χ2v) is 4.72. The van der Waals surface area contributed by atoms with Gasteiger partial charge in [-0.2, -0.15) is 0 Å². The zero-order valence-electron chi connectivity index (χ0n) is 9.50. The van der Waals surface area contributed by atoms with Crippen molar-refractivity contribution in [2.24, 2.45) is 5.73 Å². The highest BCUT2D eigenvalue weighted by molar-refractivity contribution is 9.10. The Morgan fingerprint density at radius 1 is 1.53 bits per heavy atom. The fraction of sp³-hybridized carbons (Fsp3) is 0.333. The van der Waals surface area contributed by atoms with Gasteiger partial charge in [0.25, 0.3) is 0 Å². The largest absolute Gasteiger partial charge is 0.440 e. The molecule has 2 rings (SSSR count). The average Bonchev–Trinajstić information content (AvgIpc) is 2.69. The number of nitrogens with two attached hydrogens (primary N) is 1. The van der Waals surface area contributed by atoms with Crippen LogP contribution >= 0.6 is 15.9 Å². The predicted molar refractivity (Wildman–Crippen MR) is 69.1 cm³/mol. The number of rotatable bonds is 4. The Morgan fingerprint density at radius 3 is 2.94 bits per heavy atom. The van der Waals surface area contributed by atoms with Crippen molar-refractivity contribution in [3.8, 4) is 0 Å². The molecule has 0 spiro atoms. The Hall–Kier alpha value is -1.20. The van der Waals surface area contributed by atoms with Crippen LogP contribution in [0.1, 0.15) is 29.6 Å². The molecule has 0 amide bonds. The lowest BCUT2D eigenvalue weighted by atomic mass is 10.1. The summed E-state index contributed by atoms with van der Waals surface area (Å²) >= 11 is 3.39. The number of ketones is 1. The van der Waals surface area contributed by atoms with Crippen LogP contribution in [0.3, 0.4) is 0 Å². The molecule has 1 heterocycles. The smallest absolute Gasteiger partial charge is 0.195 e. The quantitative estimate of drug-likeness (QED) is 0.881. The Morgan fingerprint density at radius 2 is 2.29 bits per heavy atom. The summed E-state index contributed by atoms with van der Waals surface area (Å²) < 4.78 is 6.37. The molecular weight excluding hydrogens is 284 g/mol. The van der Waals surface area contributed by atoms with Crippen molar-refractivity contribution >= 4 is 32.8 Å². The molecule has 0 aliphatic rings. The summed E-state index contributed by atoms with van der Waals surface area (Å²) in [5, 5.41) is 0. The molecule has 0 aliphatic heterocycles. The summed E-state index contributed by atoms with van der Waals surface area (Å²) in [6, 6.07) is 3.50. The highest BCUT2D eigenvalue weighted by Gasteiger charge is 2.12. The van der Waals surface area contributed by atoms with Crippen LogP contribution in [-0.2, 0) is 6.42 Å². The third-order valence-electron chi connectivity index (χ3n) is 2.49. The third kappa shape index (κ3) is 2.56. The number of Topliss-reactive ketones (excluding diaryl/α,β-unsaturated/α-hetero) is 1. The van der Waals surface area contributed by atoms with Gasteiger partial charge in [-0.05, 0) is 48.0 Å². The minimum atomic E-state index is 0.0131. The highest BCUT2D eigenvalue weighted by Crippen LogP contribution is 2.27. The predicted octanol–water partition coefficient (Wildman–Crippen LogP) is 2.68. The van der Waals surface area contributed by atoms with E-state index in [1.54, 1.807) is 12.1 Å². The number of carbonyl (C=O) groups is 1. The topological polar surface area (TPSA) is 69.1 Å². The van der Waals surface area contributed by atoms with Crippen LogP contribution in [-0.4, -0.2) is 17.3 Å². The number of fused-ring (bicyclic) bond motifs is 1. The van der Waals surface area contributed by atoms with Crippen molar-refractivity contribution in [3.05, 3.63) is 28.1 Å². The Bertz CT molecular complexity index is 563. The van der Waals surface area contributed by atoms with Gasteiger partial charge in [0.05, 0.1) is 4.47 Å². The summed E-state index contributed by atoms with van der Waals surface area (Å²) in [5.41, 5.74) is 7.46. The van der Waals surface area contributed by atoms with E-state index >= 15 is 0 Å². The molecule has 4 nitrogen and oxygen atoms in total. The molecule has 2 aromatic rings. The van der Waals surface area contributed by atoms with E-state index in [0.29, 0.717) is 35.5 Å². The van der Waals surface area contributed by atoms with Gasteiger partial charge < -0.3 is 10.2 Å². The number of hydrogen-bond donors (Lipinski definition) is 1. The number of hydrogen-bond acceptors (Lipinski definition) is 4. The van der Waals surface area contributed by atoms with Crippen LogP contribution in [0.15, 0.2) is 21.0 Å². The summed E-state index contributed by atoms with van der Waals surface area (Å²) in [5.74, 6) is 0.672. The lowest BCUT2D eigenvalue weighted by molar-refractivity contribution is 0.101. The van der Waals surface area contributed by atoms with Crippen molar-refractivity contribution in [1.29, 1.82) is 0 Å². The molecule has 0 atom stereocenters. The van der Waals surface area contributed by atoms with E-state index in [2.05, 4.69) is 20.9 Å². The Balaban J connectivity index is 2.45. The van der Waals surface area contributed by atoms with Gasteiger partial charge in [0.2, 0.25) is 0 Å². The van der Waals surface area contributed by atoms with E-state index in [4.69, 9.17) is 10.2 Å². The maximum absolute atomic E-state index is 11.3. The molecule has 0 unspecified atom stereocenters. The Labute approximate surface area is 107 Å². The van der Waals surface area contributed by atoms with Crippen LogP contribution < -0.4 is 5.73 Å². The molecule has 0 fully saturated rings. The Kier molecular flexibility index (Phi) is 3.59. The lowest BCUT2D eigenvalue weighted by Crippen LogP contribution is -2.00. The van der Waals surface area contributed by atoms with E-state index in [-0.39, 0.29) is 5.78 Å². The molecule has 0 bridgehead atoms. The van der Waals surface area contributed by atoms with Gasteiger partial charge in [-0.3, -0.25) is 4.79 Å². The van der Waals surface area contributed by atoms with Crippen molar-refractivity contribution in [3.63, 3.8) is 0 Å². The monoisotopic (exact) mass is 296 g/mol. The number of aromatic nitrogens is 1. The van der Waals surface area contributed by atoms with Crippen LogP contribution in [0, 0.1) is 0 Å². The number of benzene rings is 1. The number of aryl methyl sites for hydroxylation is 1. The normalized spacial score (nSPS) is 11.0. The summed E-state index contributed by atoms with van der Waals surface area (Å²) in [7, 11) is 0. The van der Waals surface area contributed by atoms with Crippen molar-refractivity contribution in [2.45, 2.75) is 19.8 Å². The second kappa shape index (κ2) is 4.98. The number of halogens is 1. The van der Waals surface area contributed by atoms with Crippen LogP contribution in [0.4, 0.5) is 0 Å². The molecule has 2 N–H and O–H groups in total. The standard InChI is InChI=1S/C12H13BrN2O2/c1-7(16)8-5-9(13)12-10(6-8)15-11(17-12)3-2-4-14/h5-6H,2-4,14H2,1H3. The van der Waals surface area contributed by atoms with E-state index in [9.17, 15) is 4.79 Å². The van der Waals surface area contributed by atoms with Gasteiger partial charge in [-0.1, -0.05) is 0 Å². The second-order valence-electron chi connectivity index (χ2n) is 3.86. The summed E-state index contributed by atoms with van der Waals surface area (Å²) in [6.45, 7) is 2.14. The van der Waals surface area contributed by atoms with Crippen LogP contribution in [0.2, 0.25) is 0 Å². The number of carbonyl (C=O) groups excluding carboxylic acids is 1. The van der Waals surface area contributed by atoms with Crippen LogP contribution in [0.25, 0.3) is 11.1 Å². The van der Waals surface area contributed by atoms with E-state index in [1.807, 2.05) is 0 Å². The van der Waals surface area contributed by atoms with Crippen molar-refractivity contribution < 1.29 is 9.21 Å². The molecule has 1 aromatic carbocycles. The zero-order valence-corrected chi connectivity index (χ0v) is 11.1. The molecule has 0 saturated heterocycles. The number of oxazole rings is 1. The zero-order chi connectivity index (χ0) is 12.4. The fourth-order valence-corrected chi connectivity index (χ4v) is 2.13. The first-order chi connectivity index (χ1) is 8.11. The van der Waals surface area contributed by atoms with Gasteiger partial charge in [0.1, 0.15) is 5.52 Å². The molecule has 17 heavy (non-hydrogen) atoms. The molecule has 0 saturated carbocycles. The van der Waals surface area contributed by atoms with Gasteiger partial charge in [-0.15, -0.1) is 0 Å². The third-order valence-corrected chi connectivity index (χ3v) is 3.08. The highest BCUT2D eigenvalue weighted by atomic mass is 79.9. The van der Waals surface area contributed by atoms with E-state index in [0.717, 1.165) is 10.9 Å². The minimum Gasteiger partial charge on any atom is -0.440 e. The first kappa shape index (κ1) is 12.3. The number of nitrogens with zero attached hydrogens (tertiary/aromatic N) is 1. The maximum atomic E-state index is 11.3. The van der Waals surface area contributed by atoms with Gasteiger partial charge in [-0.25, -0.2) is 4.98 Å². The summed E-state index contributed by atoms with van der Waals surface area (Å²) in [4.78, 5) is 15.7. The summed E-state index contributed by atoms with van der Waals surface area (Å²) in [6.07, 6.45) is 1.55. The van der Waals surface area contributed by atoms with Crippen LogP contribution in [0.5, 0.6) is 0 Å². The van der Waals surface area contributed by atoms with Gasteiger partial charge in [0.15, 0.2) is 17.3 Å². The first-order valence-corrected chi connectivity index (χ1v) is 6.21. The van der Waals surface area contributed by atoms with E-state index in [1.165, 1.54) is 6.92 Å². The van der Waals surface area contributed by atoms with Gasteiger partial charge in [0, 0.05) is 12.0 Å². The van der Waals surface area contributed by atoms with Crippen molar-refractivity contribution in [1.82, 2.24) is 4.98 Å². The molecule has 1 aromatic heterocycles. The fourth-order valence-electron chi connectivity index (χ4n) is 1.60. The lowest BCUT2D eigenvalue weighted by Gasteiger charge is -1.96. The SMILES string of the molecule is CC(=O)c1cc(Br)c2oc(CCCN)nc2c1. The van der Waals surface area contributed by atoms with E-state index < -0.39 is 0 Å². The molecule has 0 aliphatic carbocycles. The molecule has 5 heteroatoms. The van der Waals surface area contributed by atoms with Crippen molar-refractivity contribution in [2.75, 3.05) is 6.54 Å². The van der Waals surface area contributed by atoms with Gasteiger partial charge >= 0.3 is 0 Å². The first-order valence-electron chi connectivity index (χ1n) is 5.42.